The van der Waals surface area contributed by atoms with Crippen molar-refractivity contribution >= 4 is 17.7 Å². The second-order valence-electron chi connectivity index (χ2n) is 5.02. The molecule has 24 heavy (non-hydrogen) atoms. The van der Waals surface area contributed by atoms with Crippen molar-refractivity contribution < 1.29 is 14.3 Å². The van der Waals surface area contributed by atoms with Crippen molar-refractivity contribution in [1.82, 2.24) is 4.98 Å². The second-order valence-corrected chi connectivity index (χ2v) is 5.02. The normalized spacial score (nSPS) is 10.4. The Hall–Kier alpha value is -3.08. The summed E-state index contributed by atoms with van der Waals surface area (Å²) in [4.78, 5) is 16.0. The Morgan fingerprint density at radius 1 is 1.33 bits per heavy atom. The molecule has 0 saturated heterocycles. The number of amides is 1. The van der Waals surface area contributed by atoms with Crippen LogP contribution in [-0.4, -0.2) is 24.6 Å². The van der Waals surface area contributed by atoms with Crippen molar-refractivity contribution in [2.24, 2.45) is 0 Å². The summed E-state index contributed by atoms with van der Waals surface area (Å²) in [5.41, 5.74) is 2.48. The highest BCUT2D eigenvalue weighted by molar-refractivity contribution is 6.02. The van der Waals surface area contributed by atoms with Gasteiger partial charge in [-0.2, -0.15) is 0 Å². The Balaban J connectivity index is 2.06. The predicted molar refractivity (Wildman–Crippen MR) is 95.3 cm³/mol. The number of carbonyl (C=O) groups is 1. The molecule has 5 nitrogen and oxygen atoms in total. The maximum Gasteiger partial charge on any atom is 0.248 e. The molecule has 0 aliphatic rings. The van der Waals surface area contributed by atoms with E-state index < -0.39 is 0 Å². The third kappa shape index (κ3) is 4.71. The number of nitrogens with zero attached hydrogens (tertiary/aromatic N) is 1. The van der Waals surface area contributed by atoms with Gasteiger partial charge in [0.25, 0.3) is 0 Å². The molecule has 0 bridgehead atoms. The number of benzene rings is 1. The van der Waals surface area contributed by atoms with Crippen molar-refractivity contribution in [2.45, 2.75) is 6.92 Å². The molecule has 0 atom stereocenters. The van der Waals surface area contributed by atoms with Crippen LogP contribution in [0.3, 0.4) is 0 Å². The molecule has 0 unspecified atom stereocenters. The minimum absolute atomic E-state index is 0.225. The molecular weight excluding hydrogens is 304 g/mol. The summed E-state index contributed by atoms with van der Waals surface area (Å²) in [5, 5.41) is 2.79. The van der Waals surface area contributed by atoms with Crippen molar-refractivity contribution in [3.05, 3.63) is 66.5 Å². The van der Waals surface area contributed by atoms with Crippen LogP contribution < -0.4 is 14.8 Å². The van der Waals surface area contributed by atoms with E-state index in [2.05, 4.69) is 16.9 Å². The van der Waals surface area contributed by atoms with Crippen LogP contribution in [0, 0.1) is 6.92 Å². The number of ether oxygens (including phenoxy) is 2. The highest BCUT2D eigenvalue weighted by atomic mass is 16.5. The van der Waals surface area contributed by atoms with Crippen LogP contribution in [0.5, 0.6) is 11.5 Å². The number of anilines is 1. The topological polar surface area (TPSA) is 60.5 Å². The van der Waals surface area contributed by atoms with Gasteiger partial charge in [-0.05, 0) is 42.3 Å². The molecule has 1 N–H and O–H groups in total. The Morgan fingerprint density at radius 3 is 2.88 bits per heavy atom. The van der Waals surface area contributed by atoms with E-state index in [9.17, 15) is 4.79 Å². The second kappa shape index (κ2) is 8.53. The van der Waals surface area contributed by atoms with Gasteiger partial charge in [-0.3, -0.25) is 9.78 Å². The van der Waals surface area contributed by atoms with Crippen LogP contribution in [0.25, 0.3) is 6.08 Å². The molecule has 1 aromatic heterocycles. The molecule has 0 radical (unpaired) electrons. The SMILES string of the molecule is C=CCOc1ccc(C=CC(=O)Nc2cnccc2C)cc1OC. The molecule has 1 amide bonds. The zero-order valence-corrected chi connectivity index (χ0v) is 13.8. The first-order valence-corrected chi connectivity index (χ1v) is 7.45. The molecule has 2 aromatic rings. The van der Waals surface area contributed by atoms with Gasteiger partial charge in [0.2, 0.25) is 5.91 Å². The molecule has 0 aliphatic heterocycles. The average molecular weight is 324 g/mol. The van der Waals surface area contributed by atoms with Crippen LogP contribution in [0.2, 0.25) is 0 Å². The van der Waals surface area contributed by atoms with Crippen LogP contribution in [0.15, 0.2) is 55.4 Å². The van der Waals surface area contributed by atoms with Gasteiger partial charge in [-0.25, -0.2) is 0 Å². The summed E-state index contributed by atoms with van der Waals surface area (Å²) in [7, 11) is 1.57. The van der Waals surface area contributed by atoms with Crippen molar-refractivity contribution in [3.63, 3.8) is 0 Å². The number of rotatable bonds is 7. The van der Waals surface area contributed by atoms with Gasteiger partial charge in [0.1, 0.15) is 6.61 Å². The van der Waals surface area contributed by atoms with Crippen LogP contribution in [0.1, 0.15) is 11.1 Å². The molecule has 5 heteroatoms. The number of aryl methyl sites for hydroxylation is 1. The van der Waals surface area contributed by atoms with Crippen molar-refractivity contribution in [1.29, 1.82) is 0 Å². The van der Waals surface area contributed by atoms with E-state index in [0.29, 0.717) is 23.8 Å². The fourth-order valence-electron chi connectivity index (χ4n) is 2.00. The number of hydrogen-bond acceptors (Lipinski definition) is 4. The van der Waals surface area contributed by atoms with Gasteiger partial charge < -0.3 is 14.8 Å². The van der Waals surface area contributed by atoms with Gasteiger partial charge in [0.15, 0.2) is 11.5 Å². The third-order valence-corrected chi connectivity index (χ3v) is 3.27. The molecule has 124 valence electrons. The molecule has 0 aliphatic carbocycles. The summed E-state index contributed by atoms with van der Waals surface area (Å²) in [6.07, 6.45) is 8.14. The Kier molecular flexibility index (Phi) is 6.14. The molecule has 0 fully saturated rings. The highest BCUT2D eigenvalue weighted by Crippen LogP contribution is 2.28. The van der Waals surface area contributed by atoms with Gasteiger partial charge in [-0.15, -0.1) is 0 Å². The fourth-order valence-corrected chi connectivity index (χ4v) is 2.00. The summed E-state index contributed by atoms with van der Waals surface area (Å²) in [6.45, 7) is 5.92. The Morgan fingerprint density at radius 2 is 2.17 bits per heavy atom. The lowest BCUT2D eigenvalue weighted by molar-refractivity contribution is -0.111. The zero-order valence-electron chi connectivity index (χ0n) is 13.8. The fraction of sp³-hybridized carbons (Fsp3) is 0.158. The number of methoxy groups -OCH3 is 1. The lowest BCUT2D eigenvalue weighted by atomic mass is 10.2. The quantitative estimate of drug-likeness (QED) is 0.624. The van der Waals surface area contributed by atoms with E-state index in [-0.39, 0.29) is 5.91 Å². The smallest absolute Gasteiger partial charge is 0.248 e. The van der Waals surface area contributed by atoms with Gasteiger partial charge in [-0.1, -0.05) is 18.7 Å². The number of hydrogen-bond donors (Lipinski definition) is 1. The zero-order chi connectivity index (χ0) is 17.4. The summed E-state index contributed by atoms with van der Waals surface area (Å²) < 4.78 is 10.8. The van der Waals surface area contributed by atoms with E-state index in [1.54, 1.807) is 43.8 Å². The van der Waals surface area contributed by atoms with E-state index in [4.69, 9.17) is 9.47 Å². The Bertz CT molecular complexity index is 754. The number of carbonyl (C=O) groups excluding carboxylic acids is 1. The molecule has 1 heterocycles. The largest absolute Gasteiger partial charge is 0.493 e. The van der Waals surface area contributed by atoms with Crippen LogP contribution in [0.4, 0.5) is 5.69 Å². The maximum absolute atomic E-state index is 12.0. The first kappa shape index (κ1) is 17.3. The van der Waals surface area contributed by atoms with Crippen LogP contribution >= 0.6 is 0 Å². The highest BCUT2D eigenvalue weighted by Gasteiger charge is 2.05. The third-order valence-electron chi connectivity index (χ3n) is 3.27. The van der Waals surface area contributed by atoms with E-state index in [0.717, 1.165) is 11.1 Å². The van der Waals surface area contributed by atoms with E-state index in [1.807, 2.05) is 19.1 Å². The lowest BCUT2D eigenvalue weighted by Crippen LogP contribution is -2.09. The number of aromatic nitrogens is 1. The number of nitrogens with one attached hydrogen (secondary N) is 1. The van der Waals surface area contributed by atoms with Crippen LogP contribution in [-0.2, 0) is 4.79 Å². The summed E-state index contributed by atoms with van der Waals surface area (Å²) in [6, 6.07) is 7.29. The molecule has 0 saturated carbocycles. The summed E-state index contributed by atoms with van der Waals surface area (Å²) >= 11 is 0. The first-order chi connectivity index (χ1) is 11.6. The minimum atomic E-state index is -0.225. The van der Waals surface area contributed by atoms with Gasteiger partial charge in [0.05, 0.1) is 19.0 Å². The van der Waals surface area contributed by atoms with E-state index >= 15 is 0 Å². The van der Waals surface area contributed by atoms with Crippen molar-refractivity contribution in [2.75, 3.05) is 19.0 Å². The average Bonchev–Trinajstić information content (AvgIpc) is 2.60. The molecule has 0 spiro atoms. The predicted octanol–water partition coefficient (Wildman–Crippen LogP) is 3.62. The van der Waals surface area contributed by atoms with Crippen molar-refractivity contribution in [3.8, 4) is 11.5 Å². The molecule has 1 aromatic carbocycles. The lowest BCUT2D eigenvalue weighted by Gasteiger charge is -2.09. The first-order valence-electron chi connectivity index (χ1n) is 7.45. The number of pyridine rings is 1. The van der Waals surface area contributed by atoms with Gasteiger partial charge in [0, 0.05) is 12.3 Å². The Labute approximate surface area is 141 Å². The molecule has 2 rings (SSSR count). The maximum atomic E-state index is 12.0. The standard InChI is InChI=1S/C19H20N2O3/c1-4-11-24-17-7-5-15(12-18(17)23-3)6-8-19(22)21-16-13-20-10-9-14(16)2/h4-10,12-13H,1,11H2,2-3H3,(H,21,22). The monoisotopic (exact) mass is 324 g/mol. The minimum Gasteiger partial charge on any atom is -0.493 e. The summed E-state index contributed by atoms with van der Waals surface area (Å²) in [5.74, 6) is 1.00. The molecular formula is C19H20N2O3. The van der Waals surface area contributed by atoms with E-state index in [1.165, 1.54) is 6.08 Å². The van der Waals surface area contributed by atoms with Gasteiger partial charge >= 0.3 is 0 Å².